The van der Waals surface area contributed by atoms with E-state index in [0.29, 0.717) is 6.04 Å². The van der Waals surface area contributed by atoms with Crippen molar-refractivity contribution in [2.75, 3.05) is 17.2 Å². The summed E-state index contributed by atoms with van der Waals surface area (Å²) in [5, 5.41) is 6.90. The quantitative estimate of drug-likeness (QED) is 0.604. The molecule has 0 radical (unpaired) electrons. The average Bonchev–Trinajstić information content (AvgIpc) is 2.68. The number of hydrogen-bond acceptors (Lipinski definition) is 4. The Bertz CT molecular complexity index is 359. The van der Waals surface area contributed by atoms with Gasteiger partial charge in [0.05, 0.1) is 0 Å². The van der Waals surface area contributed by atoms with Crippen molar-refractivity contribution in [3.8, 4) is 0 Å². The van der Waals surface area contributed by atoms with Crippen LogP contribution in [0.5, 0.6) is 0 Å². The molecule has 1 aromatic heterocycles. The molecule has 0 spiro atoms. The normalized spacial score (nSPS) is 16.9. The average molecular weight is 262 g/mol. The molecule has 0 atom stereocenters. The molecule has 0 bridgehead atoms. The largest absolute Gasteiger partial charge is 0.370 e. The number of unbranched alkanes of at least 4 members (excludes halogenated alkanes) is 1. The van der Waals surface area contributed by atoms with Gasteiger partial charge in [-0.3, -0.25) is 0 Å². The number of rotatable bonds is 6. The lowest BCUT2D eigenvalue weighted by molar-refractivity contribution is 0.617. The van der Waals surface area contributed by atoms with Crippen LogP contribution in [0.2, 0.25) is 0 Å². The summed E-state index contributed by atoms with van der Waals surface area (Å²) in [4.78, 5) is 8.59. The lowest BCUT2D eigenvalue weighted by Crippen LogP contribution is -2.19. The van der Waals surface area contributed by atoms with Gasteiger partial charge in [-0.15, -0.1) is 0 Å². The first-order chi connectivity index (χ1) is 9.38. The number of aromatic nitrogens is 2. The maximum atomic E-state index is 4.33. The summed E-state index contributed by atoms with van der Waals surface area (Å²) < 4.78 is 0. The Hall–Kier alpha value is -1.32. The second-order valence-electron chi connectivity index (χ2n) is 5.40. The van der Waals surface area contributed by atoms with Crippen LogP contribution in [0.3, 0.4) is 0 Å². The van der Waals surface area contributed by atoms with Crippen LogP contribution in [0, 0.1) is 0 Å². The van der Waals surface area contributed by atoms with Crippen LogP contribution in [-0.2, 0) is 0 Å². The third-order valence-corrected chi connectivity index (χ3v) is 3.71. The Kier molecular flexibility index (Phi) is 5.92. The molecule has 1 fully saturated rings. The maximum absolute atomic E-state index is 4.33. The van der Waals surface area contributed by atoms with E-state index in [4.69, 9.17) is 0 Å². The Morgan fingerprint density at radius 3 is 2.58 bits per heavy atom. The highest BCUT2D eigenvalue weighted by molar-refractivity contribution is 5.46. The van der Waals surface area contributed by atoms with Crippen molar-refractivity contribution >= 4 is 11.6 Å². The summed E-state index contributed by atoms with van der Waals surface area (Å²) in [6.45, 7) is 3.18. The summed E-state index contributed by atoms with van der Waals surface area (Å²) in [6.07, 6.45) is 12.0. The minimum absolute atomic E-state index is 0.584. The molecule has 1 aliphatic rings. The van der Waals surface area contributed by atoms with Gasteiger partial charge >= 0.3 is 0 Å². The Labute approximate surface area is 116 Å². The highest BCUT2D eigenvalue weighted by Gasteiger charge is 2.12. The Morgan fingerprint density at radius 2 is 1.84 bits per heavy atom. The van der Waals surface area contributed by atoms with Crippen LogP contribution in [0.25, 0.3) is 0 Å². The van der Waals surface area contributed by atoms with Gasteiger partial charge in [0, 0.05) is 18.7 Å². The number of anilines is 2. The van der Waals surface area contributed by atoms with Crippen LogP contribution >= 0.6 is 0 Å². The predicted octanol–water partition coefficient (Wildman–Crippen LogP) is 3.82. The van der Waals surface area contributed by atoms with Gasteiger partial charge in [-0.2, -0.15) is 0 Å². The molecule has 0 amide bonds. The molecule has 1 saturated carbocycles. The fourth-order valence-corrected chi connectivity index (χ4v) is 2.56. The topological polar surface area (TPSA) is 49.8 Å². The summed E-state index contributed by atoms with van der Waals surface area (Å²) in [5.41, 5.74) is 0. The van der Waals surface area contributed by atoms with Crippen LogP contribution < -0.4 is 10.6 Å². The molecule has 1 aromatic rings. The first kappa shape index (κ1) is 14.1. The fraction of sp³-hybridized carbons (Fsp3) is 0.733. The van der Waals surface area contributed by atoms with Gasteiger partial charge in [-0.25, -0.2) is 9.97 Å². The lowest BCUT2D eigenvalue weighted by Gasteiger charge is -2.17. The van der Waals surface area contributed by atoms with E-state index in [1.165, 1.54) is 51.4 Å². The van der Waals surface area contributed by atoms with Crippen molar-refractivity contribution < 1.29 is 0 Å². The molecular formula is C15H26N4. The highest BCUT2D eigenvalue weighted by atomic mass is 15.1. The van der Waals surface area contributed by atoms with E-state index in [9.17, 15) is 0 Å². The van der Waals surface area contributed by atoms with Gasteiger partial charge in [0.2, 0.25) is 0 Å². The molecule has 2 rings (SSSR count). The molecule has 4 heteroatoms. The molecule has 19 heavy (non-hydrogen) atoms. The van der Waals surface area contributed by atoms with Gasteiger partial charge < -0.3 is 10.6 Å². The zero-order chi connectivity index (χ0) is 13.3. The van der Waals surface area contributed by atoms with Gasteiger partial charge in [-0.05, 0) is 19.3 Å². The summed E-state index contributed by atoms with van der Waals surface area (Å²) in [6, 6.07) is 2.61. The summed E-state index contributed by atoms with van der Waals surface area (Å²) in [5.74, 6) is 1.89. The number of nitrogens with zero attached hydrogens (tertiary/aromatic N) is 2. The third kappa shape index (κ3) is 5.05. The van der Waals surface area contributed by atoms with Crippen molar-refractivity contribution in [3.63, 3.8) is 0 Å². The molecule has 4 nitrogen and oxygen atoms in total. The van der Waals surface area contributed by atoms with Crippen LogP contribution in [0.1, 0.15) is 58.3 Å². The van der Waals surface area contributed by atoms with Gasteiger partial charge in [0.25, 0.3) is 0 Å². The minimum Gasteiger partial charge on any atom is -0.370 e. The molecular weight excluding hydrogens is 236 g/mol. The van der Waals surface area contributed by atoms with E-state index in [2.05, 4.69) is 27.5 Å². The van der Waals surface area contributed by atoms with Crippen molar-refractivity contribution in [2.24, 2.45) is 0 Å². The molecule has 2 N–H and O–H groups in total. The molecule has 0 unspecified atom stereocenters. The standard InChI is InChI=1S/C15H26N4/c1-2-3-10-16-14-11-15(18-12-17-14)19-13-8-6-4-5-7-9-13/h11-13H,2-10H2,1H3,(H2,16,17,18,19). The molecule has 1 heterocycles. The van der Waals surface area contributed by atoms with E-state index in [1.807, 2.05) is 6.07 Å². The minimum atomic E-state index is 0.584. The first-order valence-electron chi connectivity index (χ1n) is 7.71. The first-order valence-corrected chi connectivity index (χ1v) is 7.71. The fourth-order valence-electron chi connectivity index (χ4n) is 2.56. The molecule has 106 valence electrons. The van der Waals surface area contributed by atoms with E-state index >= 15 is 0 Å². The van der Waals surface area contributed by atoms with Crippen molar-refractivity contribution in [2.45, 2.75) is 64.3 Å². The van der Waals surface area contributed by atoms with Crippen LogP contribution in [0.15, 0.2) is 12.4 Å². The second-order valence-corrected chi connectivity index (χ2v) is 5.40. The number of hydrogen-bond donors (Lipinski definition) is 2. The van der Waals surface area contributed by atoms with Crippen LogP contribution in [0.4, 0.5) is 11.6 Å². The Balaban J connectivity index is 1.86. The van der Waals surface area contributed by atoms with E-state index in [1.54, 1.807) is 6.33 Å². The summed E-state index contributed by atoms with van der Waals surface area (Å²) in [7, 11) is 0. The smallest absolute Gasteiger partial charge is 0.131 e. The number of nitrogens with one attached hydrogen (secondary N) is 2. The monoisotopic (exact) mass is 262 g/mol. The lowest BCUT2D eigenvalue weighted by atomic mass is 10.1. The van der Waals surface area contributed by atoms with Crippen molar-refractivity contribution in [3.05, 3.63) is 12.4 Å². The maximum Gasteiger partial charge on any atom is 0.131 e. The zero-order valence-electron chi connectivity index (χ0n) is 12.0. The Morgan fingerprint density at radius 1 is 1.11 bits per heavy atom. The van der Waals surface area contributed by atoms with E-state index in [0.717, 1.165) is 18.2 Å². The van der Waals surface area contributed by atoms with Crippen molar-refractivity contribution in [1.29, 1.82) is 0 Å². The predicted molar refractivity (Wildman–Crippen MR) is 80.5 cm³/mol. The van der Waals surface area contributed by atoms with Gasteiger partial charge in [0.1, 0.15) is 18.0 Å². The highest BCUT2D eigenvalue weighted by Crippen LogP contribution is 2.20. The van der Waals surface area contributed by atoms with Crippen LogP contribution in [-0.4, -0.2) is 22.6 Å². The summed E-state index contributed by atoms with van der Waals surface area (Å²) >= 11 is 0. The molecule has 0 saturated heterocycles. The SMILES string of the molecule is CCCCNc1cc(NC2CCCCCC2)ncn1. The van der Waals surface area contributed by atoms with E-state index in [-0.39, 0.29) is 0 Å². The molecule has 0 aliphatic heterocycles. The van der Waals surface area contributed by atoms with Crippen molar-refractivity contribution in [1.82, 2.24) is 9.97 Å². The van der Waals surface area contributed by atoms with E-state index < -0.39 is 0 Å². The van der Waals surface area contributed by atoms with Gasteiger partial charge in [0.15, 0.2) is 0 Å². The van der Waals surface area contributed by atoms with Gasteiger partial charge in [-0.1, -0.05) is 39.0 Å². The third-order valence-electron chi connectivity index (χ3n) is 3.71. The molecule has 1 aliphatic carbocycles. The zero-order valence-corrected chi connectivity index (χ0v) is 12.0. The second kappa shape index (κ2) is 7.97. The molecule has 0 aromatic carbocycles.